The molecule has 2 N–H and O–H groups in total. The molecule has 0 radical (unpaired) electrons. The molecule has 1 saturated heterocycles. The number of thioether (sulfide) groups is 1. The molecule has 0 saturated carbocycles. The number of benzene rings is 1. The molecule has 116 valence electrons. The Labute approximate surface area is 136 Å². The number of nitrogens with zero attached hydrogens (tertiary/aromatic N) is 4. The summed E-state index contributed by atoms with van der Waals surface area (Å²) in [5.74, 6) is 1.34. The van der Waals surface area contributed by atoms with Crippen LogP contribution in [-0.2, 0) is 10.5 Å². The minimum absolute atomic E-state index is 0.0565. The molecule has 0 aliphatic carbocycles. The normalized spacial score (nSPS) is 21.6. The van der Waals surface area contributed by atoms with E-state index in [4.69, 9.17) is 11.6 Å². The first-order chi connectivity index (χ1) is 10.6. The molecule has 0 bridgehead atoms. The number of rotatable bonds is 4. The maximum absolute atomic E-state index is 11.5. The van der Waals surface area contributed by atoms with Crippen LogP contribution in [0.3, 0.4) is 0 Å². The van der Waals surface area contributed by atoms with Crippen molar-refractivity contribution in [2.75, 3.05) is 0 Å². The second-order valence-electron chi connectivity index (χ2n) is 5.01. The molecule has 7 nitrogen and oxygen atoms in total. The molecular formula is C13H15ClN6OS. The molecular weight excluding hydrogens is 324 g/mol. The Morgan fingerprint density at radius 3 is 2.91 bits per heavy atom. The maximum atomic E-state index is 11.5. The second-order valence-corrected chi connectivity index (χ2v) is 6.54. The summed E-state index contributed by atoms with van der Waals surface area (Å²) in [5, 5.41) is 18.6. The van der Waals surface area contributed by atoms with Crippen LogP contribution in [-0.4, -0.2) is 37.7 Å². The molecule has 0 spiro atoms. The molecule has 3 rings (SSSR count). The Hall–Kier alpha value is -1.64. The predicted molar refractivity (Wildman–Crippen MR) is 84.6 cm³/mol. The number of nitrogens with one attached hydrogen (secondary N) is 2. The van der Waals surface area contributed by atoms with Gasteiger partial charge in [-0.3, -0.25) is 10.1 Å². The first kappa shape index (κ1) is 15.3. The van der Waals surface area contributed by atoms with E-state index in [0.29, 0.717) is 23.0 Å². The number of aromatic nitrogens is 4. The van der Waals surface area contributed by atoms with Crippen molar-refractivity contribution in [3.63, 3.8) is 0 Å². The molecule has 2 aromatic rings. The minimum Gasteiger partial charge on any atom is -0.332 e. The Kier molecular flexibility index (Phi) is 4.60. The van der Waals surface area contributed by atoms with Crippen molar-refractivity contribution in [2.24, 2.45) is 0 Å². The topological polar surface area (TPSA) is 84.7 Å². The quantitative estimate of drug-likeness (QED) is 0.875. The summed E-state index contributed by atoms with van der Waals surface area (Å²) in [6.07, 6.45) is 0.500. The van der Waals surface area contributed by atoms with E-state index in [1.165, 1.54) is 0 Å². The van der Waals surface area contributed by atoms with Crippen LogP contribution >= 0.6 is 23.4 Å². The minimum atomic E-state index is -0.133. The van der Waals surface area contributed by atoms with Gasteiger partial charge in [0, 0.05) is 17.5 Å². The summed E-state index contributed by atoms with van der Waals surface area (Å²) in [7, 11) is 0. The van der Waals surface area contributed by atoms with Crippen LogP contribution < -0.4 is 10.6 Å². The highest BCUT2D eigenvalue weighted by molar-refractivity contribution is 7.99. The smallest absolute Gasteiger partial charge is 0.223 e. The van der Waals surface area contributed by atoms with Crippen LogP contribution in [0.1, 0.15) is 19.2 Å². The number of hydrogen-bond donors (Lipinski definition) is 2. The molecule has 1 amide bonds. The molecule has 2 unspecified atom stereocenters. The Bertz CT molecular complexity index is 661. The third kappa shape index (κ3) is 3.57. The highest BCUT2D eigenvalue weighted by Gasteiger charge is 2.23. The van der Waals surface area contributed by atoms with Gasteiger partial charge in [0.25, 0.3) is 0 Å². The van der Waals surface area contributed by atoms with Gasteiger partial charge in [-0.15, -0.1) is 16.9 Å². The van der Waals surface area contributed by atoms with E-state index in [1.54, 1.807) is 28.6 Å². The molecule has 2 heterocycles. The van der Waals surface area contributed by atoms with Crippen LogP contribution in [0.25, 0.3) is 5.69 Å². The van der Waals surface area contributed by atoms with E-state index in [0.717, 1.165) is 5.69 Å². The summed E-state index contributed by atoms with van der Waals surface area (Å²) < 4.78 is 1.66. The van der Waals surface area contributed by atoms with Gasteiger partial charge in [-0.25, -0.2) is 0 Å². The molecule has 22 heavy (non-hydrogen) atoms. The lowest BCUT2D eigenvalue weighted by Gasteiger charge is -2.28. The van der Waals surface area contributed by atoms with Gasteiger partial charge in [0.05, 0.1) is 11.4 Å². The largest absolute Gasteiger partial charge is 0.332 e. The van der Waals surface area contributed by atoms with E-state index in [9.17, 15) is 4.79 Å². The maximum Gasteiger partial charge on any atom is 0.223 e. The Balaban J connectivity index is 1.68. The van der Waals surface area contributed by atoms with Crippen LogP contribution in [0, 0.1) is 0 Å². The van der Waals surface area contributed by atoms with Crippen molar-refractivity contribution in [1.82, 2.24) is 30.8 Å². The van der Waals surface area contributed by atoms with Crippen molar-refractivity contribution >= 4 is 29.3 Å². The van der Waals surface area contributed by atoms with E-state index < -0.39 is 0 Å². The highest BCUT2D eigenvalue weighted by atomic mass is 35.5. The lowest BCUT2D eigenvalue weighted by molar-refractivity contribution is -0.123. The third-order valence-electron chi connectivity index (χ3n) is 3.20. The van der Waals surface area contributed by atoms with Gasteiger partial charge < -0.3 is 5.32 Å². The average Bonchev–Trinajstić information content (AvgIpc) is 2.93. The van der Waals surface area contributed by atoms with Gasteiger partial charge in [0.15, 0.2) is 5.82 Å². The van der Waals surface area contributed by atoms with Gasteiger partial charge in [-0.2, -0.15) is 4.68 Å². The van der Waals surface area contributed by atoms with Gasteiger partial charge in [0.2, 0.25) is 5.91 Å². The summed E-state index contributed by atoms with van der Waals surface area (Å²) in [6, 6.07) is 7.46. The molecule has 2 atom stereocenters. The first-order valence-corrected chi connectivity index (χ1v) is 8.25. The fraction of sp³-hybridized carbons (Fsp3) is 0.385. The number of carbonyl (C=O) groups excluding carboxylic acids is 1. The van der Waals surface area contributed by atoms with Gasteiger partial charge in [-0.05, 0) is 41.6 Å². The molecule has 1 fully saturated rings. The zero-order valence-electron chi connectivity index (χ0n) is 11.9. The molecule has 1 aromatic carbocycles. The van der Waals surface area contributed by atoms with Crippen molar-refractivity contribution in [3.05, 3.63) is 35.1 Å². The monoisotopic (exact) mass is 338 g/mol. The van der Waals surface area contributed by atoms with Crippen molar-refractivity contribution in [2.45, 2.75) is 30.6 Å². The lowest BCUT2D eigenvalue weighted by atomic mass is 10.2. The molecule has 9 heteroatoms. The standard InChI is InChI=1S/C13H15ClN6OS/c1-8-6-12(21)16-13(15-8)22-7-11-17-18-19-20(11)10-4-2-9(14)3-5-10/h2-5,8,13,15H,6-7H2,1H3,(H,16,21). The van der Waals surface area contributed by atoms with Crippen molar-refractivity contribution in [1.29, 1.82) is 0 Å². The summed E-state index contributed by atoms with van der Waals surface area (Å²) in [4.78, 5) is 11.5. The van der Waals surface area contributed by atoms with Crippen LogP contribution in [0.2, 0.25) is 5.02 Å². The van der Waals surface area contributed by atoms with Gasteiger partial charge in [0.1, 0.15) is 5.50 Å². The lowest BCUT2D eigenvalue weighted by Crippen LogP contribution is -2.53. The molecule has 1 aromatic heterocycles. The molecule has 1 aliphatic heterocycles. The van der Waals surface area contributed by atoms with Gasteiger partial charge in [-0.1, -0.05) is 11.6 Å². The third-order valence-corrected chi connectivity index (χ3v) is 4.47. The SMILES string of the molecule is CC1CC(=O)NC(SCc2nnnn2-c2ccc(Cl)cc2)N1. The number of tetrazole rings is 1. The first-order valence-electron chi connectivity index (χ1n) is 6.82. The zero-order valence-corrected chi connectivity index (χ0v) is 13.4. The predicted octanol–water partition coefficient (Wildman–Crippen LogP) is 1.33. The van der Waals surface area contributed by atoms with Crippen LogP contribution in [0.4, 0.5) is 0 Å². The van der Waals surface area contributed by atoms with E-state index >= 15 is 0 Å². The fourth-order valence-corrected chi connectivity index (χ4v) is 3.33. The van der Waals surface area contributed by atoms with Crippen molar-refractivity contribution in [3.8, 4) is 5.69 Å². The number of amides is 1. The molecule has 1 aliphatic rings. The number of carbonyl (C=O) groups is 1. The van der Waals surface area contributed by atoms with Crippen LogP contribution in [0.5, 0.6) is 0 Å². The Morgan fingerprint density at radius 1 is 1.41 bits per heavy atom. The van der Waals surface area contributed by atoms with E-state index in [1.807, 2.05) is 19.1 Å². The highest BCUT2D eigenvalue weighted by Crippen LogP contribution is 2.19. The summed E-state index contributed by atoms with van der Waals surface area (Å²) in [5.41, 5.74) is 0.714. The van der Waals surface area contributed by atoms with E-state index in [2.05, 4.69) is 26.2 Å². The zero-order chi connectivity index (χ0) is 15.5. The summed E-state index contributed by atoms with van der Waals surface area (Å²) in [6.45, 7) is 1.99. The number of hydrogen-bond acceptors (Lipinski definition) is 6. The van der Waals surface area contributed by atoms with Crippen LogP contribution in [0.15, 0.2) is 24.3 Å². The van der Waals surface area contributed by atoms with E-state index in [-0.39, 0.29) is 17.4 Å². The fourth-order valence-electron chi connectivity index (χ4n) is 2.17. The van der Waals surface area contributed by atoms with Gasteiger partial charge >= 0.3 is 0 Å². The number of halogens is 1. The Morgan fingerprint density at radius 2 is 2.18 bits per heavy atom. The average molecular weight is 339 g/mol. The van der Waals surface area contributed by atoms with Crippen molar-refractivity contribution < 1.29 is 4.79 Å². The summed E-state index contributed by atoms with van der Waals surface area (Å²) >= 11 is 7.43. The second kappa shape index (κ2) is 6.64.